The second kappa shape index (κ2) is 8.57. The van der Waals surface area contributed by atoms with Crippen LogP contribution in [0.25, 0.3) is 0 Å². The molecule has 0 spiro atoms. The van der Waals surface area contributed by atoms with E-state index in [0.29, 0.717) is 37.0 Å². The predicted octanol–water partition coefficient (Wildman–Crippen LogP) is 3.70. The summed E-state index contributed by atoms with van der Waals surface area (Å²) >= 11 is 1.23. The van der Waals surface area contributed by atoms with Gasteiger partial charge in [0.1, 0.15) is 5.82 Å². The summed E-state index contributed by atoms with van der Waals surface area (Å²) in [5.41, 5.74) is 2.10. The largest absolute Gasteiger partial charge is 0.339 e. The zero-order chi connectivity index (χ0) is 20.4. The molecule has 2 fully saturated rings. The molecule has 0 unspecified atom stereocenters. The van der Waals surface area contributed by atoms with E-state index in [1.807, 2.05) is 36.1 Å². The van der Waals surface area contributed by atoms with Gasteiger partial charge in [-0.1, -0.05) is 36.4 Å². The van der Waals surface area contributed by atoms with Gasteiger partial charge in [-0.2, -0.15) is 0 Å². The summed E-state index contributed by atoms with van der Waals surface area (Å²) in [6, 6.07) is 15.2. The number of hydrogen-bond donors (Lipinski definition) is 0. The van der Waals surface area contributed by atoms with E-state index in [0.717, 1.165) is 12.0 Å². The number of aryl methyl sites for hydroxylation is 1. The number of hydrogen-bond acceptors (Lipinski definition) is 3. The van der Waals surface area contributed by atoms with Crippen molar-refractivity contribution in [1.82, 2.24) is 9.80 Å². The third-order valence-corrected chi connectivity index (χ3v) is 6.75. The Hall–Kier alpha value is -2.34. The van der Waals surface area contributed by atoms with Crippen LogP contribution in [0, 0.1) is 18.7 Å². The van der Waals surface area contributed by atoms with Gasteiger partial charge < -0.3 is 9.80 Å². The molecule has 2 aromatic rings. The predicted molar refractivity (Wildman–Crippen MR) is 112 cm³/mol. The molecule has 152 valence electrons. The first-order valence-electron chi connectivity index (χ1n) is 10.0. The van der Waals surface area contributed by atoms with Gasteiger partial charge in [0.15, 0.2) is 0 Å². The third kappa shape index (κ3) is 4.64. The minimum absolute atomic E-state index is 0.00402. The van der Waals surface area contributed by atoms with Crippen molar-refractivity contribution in [3.63, 3.8) is 0 Å². The van der Waals surface area contributed by atoms with Crippen LogP contribution in [0.4, 0.5) is 4.39 Å². The quantitative estimate of drug-likeness (QED) is 0.703. The van der Waals surface area contributed by atoms with Crippen molar-refractivity contribution in [3.8, 4) is 0 Å². The Morgan fingerprint density at radius 1 is 1.03 bits per heavy atom. The van der Waals surface area contributed by atoms with Crippen LogP contribution in [0.1, 0.15) is 23.5 Å². The van der Waals surface area contributed by atoms with Crippen molar-refractivity contribution in [3.05, 3.63) is 65.5 Å². The standard InChI is InChI=1S/C23H25FN2O2S/c1-16-7-8-21(20(24)13-16)29-15-22(27)25-9-11-26(12-10-25)23(28)19-14-18(19)17-5-3-2-4-6-17/h2-8,13,18-19H,9-12,14-15H2,1H3/t18-,19+/m0/s1. The molecule has 0 N–H and O–H groups in total. The maximum Gasteiger partial charge on any atom is 0.233 e. The van der Waals surface area contributed by atoms with Crippen LogP contribution in [0.5, 0.6) is 0 Å². The Morgan fingerprint density at radius 2 is 1.72 bits per heavy atom. The first kappa shape index (κ1) is 20.0. The van der Waals surface area contributed by atoms with Gasteiger partial charge in [-0.05, 0) is 42.5 Å². The monoisotopic (exact) mass is 412 g/mol. The average molecular weight is 413 g/mol. The maximum absolute atomic E-state index is 13.9. The van der Waals surface area contributed by atoms with E-state index in [1.54, 1.807) is 11.0 Å². The molecule has 0 bridgehead atoms. The Bertz CT molecular complexity index is 897. The molecule has 0 aromatic heterocycles. The molecule has 4 nitrogen and oxygen atoms in total. The highest BCUT2D eigenvalue weighted by Gasteiger charge is 2.46. The number of piperazine rings is 1. The Kier molecular flexibility index (Phi) is 5.90. The molecule has 2 aliphatic rings. The van der Waals surface area contributed by atoms with Gasteiger partial charge in [0.2, 0.25) is 11.8 Å². The summed E-state index contributed by atoms with van der Waals surface area (Å²) < 4.78 is 13.9. The third-order valence-electron chi connectivity index (χ3n) is 5.72. The number of carbonyl (C=O) groups excluding carboxylic acids is 2. The van der Waals surface area contributed by atoms with Crippen LogP contribution >= 0.6 is 11.8 Å². The van der Waals surface area contributed by atoms with Crippen molar-refractivity contribution >= 4 is 23.6 Å². The Balaban J connectivity index is 1.24. The zero-order valence-corrected chi connectivity index (χ0v) is 17.3. The van der Waals surface area contributed by atoms with Gasteiger partial charge in [-0.3, -0.25) is 9.59 Å². The van der Waals surface area contributed by atoms with Crippen molar-refractivity contribution in [2.75, 3.05) is 31.9 Å². The highest BCUT2D eigenvalue weighted by molar-refractivity contribution is 8.00. The molecule has 6 heteroatoms. The summed E-state index contributed by atoms with van der Waals surface area (Å²) in [7, 11) is 0. The molecular formula is C23H25FN2O2S. The molecule has 1 aliphatic heterocycles. The van der Waals surface area contributed by atoms with Crippen LogP contribution in [0.2, 0.25) is 0 Å². The number of thioether (sulfide) groups is 1. The van der Waals surface area contributed by atoms with Crippen molar-refractivity contribution in [2.24, 2.45) is 5.92 Å². The summed E-state index contributed by atoms with van der Waals surface area (Å²) in [6.45, 7) is 4.08. The molecule has 2 amide bonds. The van der Waals surface area contributed by atoms with Gasteiger partial charge >= 0.3 is 0 Å². The van der Waals surface area contributed by atoms with E-state index >= 15 is 0 Å². The van der Waals surface area contributed by atoms with E-state index in [2.05, 4.69) is 12.1 Å². The molecule has 1 aliphatic carbocycles. The molecule has 1 saturated carbocycles. The number of benzene rings is 2. The van der Waals surface area contributed by atoms with Crippen LogP contribution in [0.15, 0.2) is 53.4 Å². The highest BCUT2D eigenvalue weighted by atomic mass is 32.2. The van der Waals surface area contributed by atoms with Crippen LogP contribution in [0.3, 0.4) is 0 Å². The van der Waals surface area contributed by atoms with E-state index in [9.17, 15) is 14.0 Å². The second-order valence-corrected chi connectivity index (χ2v) is 8.81. The highest BCUT2D eigenvalue weighted by Crippen LogP contribution is 2.48. The average Bonchev–Trinajstić information content (AvgIpc) is 3.54. The number of amides is 2. The molecule has 29 heavy (non-hydrogen) atoms. The normalized spacial score (nSPS) is 21.2. The fraction of sp³-hybridized carbons (Fsp3) is 0.391. The lowest BCUT2D eigenvalue weighted by molar-refractivity contribution is -0.139. The molecule has 4 rings (SSSR count). The lowest BCUT2D eigenvalue weighted by Gasteiger charge is -2.35. The van der Waals surface area contributed by atoms with Crippen LogP contribution in [-0.4, -0.2) is 53.5 Å². The molecule has 2 aromatic carbocycles. The minimum Gasteiger partial charge on any atom is -0.339 e. The number of halogens is 1. The molecule has 2 atom stereocenters. The molecular weight excluding hydrogens is 387 g/mol. The lowest BCUT2D eigenvalue weighted by Crippen LogP contribution is -2.51. The lowest BCUT2D eigenvalue weighted by atomic mass is 10.1. The van der Waals surface area contributed by atoms with Crippen molar-refractivity contribution in [2.45, 2.75) is 24.2 Å². The summed E-state index contributed by atoms with van der Waals surface area (Å²) in [5, 5.41) is 0. The van der Waals surface area contributed by atoms with Gasteiger partial charge in [0.05, 0.1) is 5.75 Å². The fourth-order valence-electron chi connectivity index (χ4n) is 3.90. The van der Waals surface area contributed by atoms with E-state index in [4.69, 9.17) is 0 Å². The maximum atomic E-state index is 13.9. The second-order valence-electron chi connectivity index (χ2n) is 7.79. The fourth-order valence-corrected chi connectivity index (χ4v) is 4.72. The number of nitrogens with zero attached hydrogens (tertiary/aromatic N) is 2. The van der Waals surface area contributed by atoms with Crippen molar-refractivity contribution in [1.29, 1.82) is 0 Å². The minimum atomic E-state index is -0.282. The van der Waals surface area contributed by atoms with E-state index in [1.165, 1.54) is 23.4 Å². The SMILES string of the molecule is Cc1ccc(SCC(=O)N2CCN(C(=O)[C@@H]3C[C@H]3c3ccccc3)CC2)c(F)c1. The van der Waals surface area contributed by atoms with Crippen LogP contribution < -0.4 is 0 Å². The van der Waals surface area contributed by atoms with Gasteiger partial charge in [-0.15, -0.1) is 11.8 Å². The summed E-state index contributed by atoms with van der Waals surface area (Å²) in [6.07, 6.45) is 0.917. The van der Waals surface area contributed by atoms with Gasteiger partial charge in [-0.25, -0.2) is 4.39 Å². The molecule has 1 heterocycles. The summed E-state index contributed by atoms with van der Waals surface area (Å²) in [5.74, 6) is 0.560. The number of rotatable bonds is 5. The van der Waals surface area contributed by atoms with E-state index < -0.39 is 0 Å². The number of carbonyl (C=O) groups is 2. The first-order valence-corrected chi connectivity index (χ1v) is 11.0. The molecule has 0 radical (unpaired) electrons. The van der Waals surface area contributed by atoms with Gasteiger partial charge in [0.25, 0.3) is 0 Å². The first-order chi connectivity index (χ1) is 14.0. The van der Waals surface area contributed by atoms with Crippen molar-refractivity contribution < 1.29 is 14.0 Å². The topological polar surface area (TPSA) is 40.6 Å². The Morgan fingerprint density at radius 3 is 2.41 bits per heavy atom. The molecule has 1 saturated heterocycles. The van der Waals surface area contributed by atoms with Gasteiger partial charge in [0, 0.05) is 37.0 Å². The van der Waals surface area contributed by atoms with E-state index in [-0.39, 0.29) is 29.3 Å². The smallest absolute Gasteiger partial charge is 0.233 e. The summed E-state index contributed by atoms with van der Waals surface area (Å²) in [4.78, 5) is 29.4. The van der Waals surface area contributed by atoms with Crippen LogP contribution in [-0.2, 0) is 9.59 Å². The Labute approximate surface area is 175 Å². The zero-order valence-electron chi connectivity index (χ0n) is 16.5.